The first kappa shape index (κ1) is 11.5. The van der Waals surface area contributed by atoms with E-state index in [0.717, 1.165) is 19.4 Å². The maximum Gasteiger partial charge on any atom is 0.222 e. The van der Waals surface area contributed by atoms with Crippen LogP contribution >= 0.6 is 0 Å². The zero-order chi connectivity index (χ0) is 10.6. The van der Waals surface area contributed by atoms with E-state index in [0.29, 0.717) is 18.6 Å². The number of nitrogens with two attached hydrogens (primary N) is 1. The highest BCUT2D eigenvalue weighted by Crippen LogP contribution is 2.16. The van der Waals surface area contributed by atoms with Gasteiger partial charge in [-0.25, -0.2) is 0 Å². The molecule has 0 unspecified atom stereocenters. The van der Waals surface area contributed by atoms with Crippen LogP contribution in [0, 0.1) is 5.92 Å². The van der Waals surface area contributed by atoms with Crippen LogP contribution in [0.25, 0.3) is 0 Å². The summed E-state index contributed by atoms with van der Waals surface area (Å²) in [7, 11) is 0. The minimum atomic E-state index is 0.0760. The molecule has 0 saturated heterocycles. The number of hydrogen-bond acceptors (Lipinski definition) is 3. The van der Waals surface area contributed by atoms with Crippen LogP contribution in [0.5, 0.6) is 0 Å². The van der Waals surface area contributed by atoms with Gasteiger partial charge in [-0.15, -0.1) is 0 Å². The topological polar surface area (TPSA) is 67.2 Å². The van der Waals surface area contributed by atoms with Gasteiger partial charge in [0.05, 0.1) is 0 Å². The molecule has 4 nitrogen and oxygen atoms in total. The third-order valence-electron chi connectivity index (χ3n) is 2.56. The fraction of sp³-hybridized carbons (Fsp3) is 0.900. The predicted octanol–water partition coefficient (Wildman–Crippen LogP) is -0.162. The second kappa shape index (κ2) is 5.32. The average Bonchev–Trinajstić information content (AvgIpc) is 2.08. The van der Waals surface area contributed by atoms with Crippen molar-refractivity contribution < 1.29 is 4.79 Å². The first-order valence-electron chi connectivity index (χ1n) is 5.36. The molecular formula is C10H21N3O. The van der Waals surface area contributed by atoms with Crippen molar-refractivity contribution in [1.29, 1.82) is 0 Å². The van der Waals surface area contributed by atoms with Crippen LogP contribution < -0.4 is 16.4 Å². The lowest BCUT2D eigenvalue weighted by atomic mass is 9.88. The number of carbonyl (C=O) groups is 1. The number of rotatable bonds is 5. The lowest BCUT2D eigenvalue weighted by molar-refractivity contribution is -0.123. The first-order chi connectivity index (χ1) is 6.59. The zero-order valence-electron chi connectivity index (χ0n) is 9.05. The van der Waals surface area contributed by atoms with Gasteiger partial charge in [-0.05, 0) is 12.8 Å². The van der Waals surface area contributed by atoms with Crippen LogP contribution in [0.2, 0.25) is 0 Å². The van der Waals surface area contributed by atoms with Gasteiger partial charge < -0.3 is 16.4 Å². The van der Waals surface area contributed by atoms with Gasteiger partial charge in [-0.1, -0.05) is 13.8 Å². The van der Waals surface area contributed by atoms with Crippen LogP contribution in [0.1, 0.15) is 26.7 Å². The average molecular weight is 199 g/mol. The fourth-order valence-corrected chi connectivity index (χ4v) is 1.49. The lowest BCUT2D eigenvalue weighted by Crippen LogP contribution is -2.50. The molecule has 0 atom stereocenters. The third-order valence-corrected chi connectivity index (χ3v) is 2.56. The molecule has 0 bridgehead atoms. The zero-order valence-corrected chi connectivity index (χ0v) is 9.05. The van der Waals surface area contributed by atoms with Crippen LogP contribution in [0.3, 0.4) is 0 Å². The maximum absolute atomic E-state index is 11.2. The SMILES string of the molecule is CC(C)C(=O)NCCNC1CC(N)C1. The molecule has 1 amide bonds. The second-order valence-electron chi connectivity index (χ2n) is 4.33. The Morgan fingerprint density at radius 3 is 2.57 bits per heavy atom. The molecule has 0 aliphatic heterocycles. The number of carbonyl (C=O) groups excluding carboxylic acids is 1. The predicted molar refractivity (Wildman–Crippen MR) is 56.8 cm³/mol. The van der Waals surface area contributed by atoms with E-state index in [1.807, 2.05) is 13.8 Å². The van der Waals surface area contributed by atoms with Crippen LogP contribution in [-0.4, -0.2) is 31.1 Å². The highest BCUT2D eigenvalue weighted by Gasteiger charge is 2.24. The Morgan fingerprint density at radius 2 is 2.07 bits per heavy atom. The molecule has 1 aliphatic carbocycles. The van der Waals surface area contributed by atoms with Gasteiger partial charge >= 0.3 is 0 Å². The van der Waals surface area contributed by atoms with Gasteiger partial charge in [0.15, 0.2) is 0 Å². The molecule has 14 heavy (non-hydrogen) atoms. The first-order valence-corrected chi connectivity index (χ1v) is 5.36. The lowest BCUT2D eigenvalue weighted by Gasteiger charge is -2.33. The minimum absolute atomic E-state index is 0.0760. The summed E-state index contributed by atoms with van der Waals surface area (Å²) in [4.78, 5) is 11.2. The van der Waals surface area contributed by atoms with E-state index in [4.69, 9.17) is 5.73 Å². The molecule has 1 fully saturated rings. The number of nitrogens with one attached hydrogen (secondary N) is 2. The largest absolute Gasteiger partial charge is 0.355 e. The van der Waals surface area contributed by atoms with E-state index < -0.39 is 0 Å². The highest BCUT2D eigenvalue weighted by molar-refractivity contribution is 5.77. The molecule has 0 aromatic carbocycles. The summed E-state index contributed by atoms with van der Waals surface area (Å²) in [5.74, 6) is 0.198. The Balaban J connectivity index is 1.92. The molecule has 4 heteroatoms. The summed E-state index contributed by atoms with van der Waals surface area (Å²) in [6.07, 6.45) is 2.14. The number of hydrogen-bond donors (Lipinski definition) is 3. The van der Waals surface area contributed by atoms with Crippen LogP contribution in [-0.2, 0) is 4.79 Å². The second-order valence-corrected chi connectivity index (χ2v) is 4.33. The summed E-state index contributed by atoms with van der Waals surface area (Å²) >= 11 is 0. The molecule has 0 spiro atoms. The van der Waals surface area contributed by atoms with Crippen molar-refractivity contribution in [2.75, 3.05) is 13.1 Å². The Morgan fingerprint density at radius 1 is 1.43 bits per heavy atom. The summed E-state index contributed by atoms with van der Waals surface area (Å²) in [6, 6.07) is 0.957. The van der Waals surface area contributed by atoms with Crippen LogP contribution in [0.15, 0.2) is 0 Å². The molecule has 1 aliphatic rings. The van der Waals surface area contributed by atoms with Gasteiger partial charge in [-0.3, -0.25) is 4.79 Å². The molecule has 0 aromatic heterocycles. The maximum atomic E-state index is 11.2. The van der Waals surface area contributed by atoms with Crippen molar-refractivity contribution in [3.63, 3.8) is 0 Å². The molecule has 0 heterocycles. The van der Waals surface area contributed by atoms with E-state index in [1.54, 1.807) is 0 Å². The van der Waals surface area contributed by atoms with Crippen molar-refractivity contribution in [2.45, 2.75) is 38.8 Å². The van der Waals surface area contributed by atoms with E-state index in [9.17, 15) is 4.79 Å². The van der Waals surface area contributed by atoms with Crippen molar-refractivity contribution >= 4 is 5.91 Å². The molecule has 0 aromatic rings. The molecule has 0 radical (unpaired) electrons. The molecule has 82 valence electrons. The van der Waals surface area contributed by atoms with Gasteiger partial charge in [0.1, 0.15) is 0 Å². The monoisotopic (exact) mass is 199 g/mol. The fourth-order valence-electron chi connectivity index (χ4n) is 1.49. The number of amides is 1. The van der Waals surface area contributed by atoms with E-state index >= 15 is 0 Å². The van der Waals surface area contributed by atoms with Crippen molar-refractivity contribution in [1.82, 2.24) is 10.6 Å². The summed E-state index contributed by atoms with van der Waals surface area (Å²) in [6.45, 7) is 5.35. The Bertz CT molecular complexity index is 188. The van der Waals surface area contributed by atoms with E-state index in [2.05, 4.69) is 10.6 Å². The Hall–Kier alpha value is -0.610. The summed E-state index contributed by atoms with van der Waals surface area (Å²) in [5, 5.41) is 6.21. The summed E-state index contributed by atoms with van der Waals surface area (Å²) < 4.78 is 0. The Kier molecular flexibility index (Phi) is 4.35. The smallest absolute Gasteiger partial charge is 0.222 e. The highest BCUT2D eigenvalue weighted by atomic mass is 16.1. The summed E-state index contributed by atoms with van der Waals surface area (Å²) in [5.41, 5.74) is 5.65. The van der Waals surface area contributed by atoms with Crippen molar-refractivity contribution in [3.05, 3.63) is 0 Å². The van der Waals surface area contributed by atoms with E-state index in [1.165, 1.54) is 0 Å². The van der Waals surface area contributed by atoms with Gasteiger partial charge in [0.2, 0.25) is 5.91 Å². The van der Waals surface area contributed by atoms with E-state index in [-0.39, 0.29) is 11.8 Å². The standard InChI is InChI=1S/C10H21N3O/c1-7(2)10(14)13-4-3-12-9-5-8(11)6-9/h7-9,12H,3-6,11H2,1-2H3,(H,13,14). The van der Waals surface area contributed by atoms with Crippen molar-refractivity contribution in [2.24, 2.45) is 11.7 Å². The van der Waals surface area contributed by atoms with Gasteiger partial charge in [0, 0.05) is 31.1 Å². The van der Waals surface area contributed by atoms with Crippen LogP contribution in [0.4, 0.5) is 0 Å². The van der Waals surface area contributed by atoms with Gasteiger partial charge in [0.25, 0.3) is 0 Å². The minimum Gasteiger partial charge on any atom is -0.355 e. The molecule has 4 N–H and O–H groups in total. The Labute approximate surface area is 85.6 Å². The third kappa shape index (κ3) is 3.64. The van der Waals surface area contributed by atoms with Crippen molar-refractivity contribution in [3.8, 4) is 0 Å². The molecular weight excluding hydrogens is 178 g/mol. The molecule has 1 saturated carbocycles. The normalized spacial score (nSPS) is 26.0. The van der Waals surface area contributed by atoms with Gasteiger partial charge in [-0.2, -0.15) is 0 Å². The molecule has 1 rings (SSSR count). The quantitative estimate of drug-likeness (QED) is 0.539.